The van der Waals surface area contributed by atoms with Crippen LogP contribution in [0.4, 0.5) is 0 Å². The average Bonchev–Trinajstić information content (AvgIpc) is 2.22. The van der Waals surface area contributed by atoms with Crippen molar-refractivity contribution in [3.05, 3.63) is 10.4 Å². The molecular weight excluding hydrogens is 194 g/mol. The van der Waals surface area contributed by atoms with E-state index in [2.05, 4.69) is 10.0 Å². The van der Waals surface area contributed by atoms with Gasteiger partial charge in [-0.1, -0.05) is 5.11 Å². The molecule has 0 rings (SSSR count). The van der Waals surface area contributed by atoms with Gasteiger partial charge < -0.3 is 25.5 Å². The van der Waals surface area contributed by atoms with Crippen molar-refractivity contribution in [3.8, 4) is 0 Å². The monoisotopic (exact) mass is 207 g/mol. The van der Waals surface area contributed by atoms with Crippen LogP contribution in [0.15, 0.2) is 5.11 Å². The first kappa shape index (κ1) is 13.1. The van der Waals surface area contributed by atoms with E-state index in [1.54, 1.807) is 0 Å². The minimum absolute atomic E-state index is 0.424. The van der Waals surface area contributed by atoms with Crippen LogP contribution in [0, 0.1) is 0 Å². The van der Waals surface area contributed by atoms with E-state index in [1.165, 1.54) is 0 Å². The second-order valence-electron chi connectivity index (χ2n) is 2.71. The molecule has 0 heterocycles. The molecule has 82 valence electrons. The van der Waals surface area contributed by atoms with E-state index in [0.717, 1.165) is 0 Å². The lowest BCUT2D eigenvalue weighted by atomic mass is 10.0. The second kappa shape index (κ2) is 6.55. The van der Waals surface area contributed by atoms with Crippen LogP contribution in [-0.2, 0) is 0 Å². The van der Waals surface area contributed by atoms with E-state index < -0.39 is 37.6 Å². The van der Waals surface area contributed by atoms with Crippen LogP contribution in [0.25, 0.3) is 10.4 Å². The maximum absolute atomic E-state index is 9.16. The largest absolute Gasteiger partial charge is 0.394 e. The van der Waals surface area contributed by atoms with Gasteiger partial charge in [0.2, 0.25) is 0 Å². The van der Waals surface area contributed by atoms with Crippen molar-refractivity contribution in [3.63, 3.8) is 0 Å². The predicted molar refractivity (Wildman–Crippen MR) is 45.1 cm³/mol. The molecule has 0 aliphatic rings. The molecule has 14 heavy (non-hydrogen) atoms. The molecule has 0 spiro atoms. The summed E-state index contributed by atoms with van der Waals surface area (Å²) in [6.07, 6.45) is -6.40. The molecule has 0 bridgehead atoms. The highest BCUT2D eigenvalue weighted by Gasteiger charge is 2.29. The van der Waals surface area contributed by atoms with Crippen LogP contribution in [0.5, 0.6) is 0 Å². The third kappa shape index (κ3) is 3.88. The molecule has 0 aliphatic carbocycles. The minimum Gasteiger partial charge on any atom is -0.394 e. The number of aliphatic hydroxyl groups excluding tert-OH is 5. The van der Waals surface area contributed by atoms with E-state index in [1.807, 2.05) is 0 Å². The number of azide groups is 1. The third-order valence-electron chi connectivity index (χ3n) is 1.66. The lowest BCUT2D eigenvalue weighted by Crippen LogP contribution is -2.46. The predicted octanol–water partition coefficient (Wildman–Crippen LogP) is -2.27. The molecular formula is C6H13N3O5. The van der Waals surface area contributed by atoms with Crippen molar-refractivity contribution in [1.82, 2.24) is 0 Å². The van der Waals surface area contributed by atoms with Crippen LogP contribution in [0.2, 0.25) is 0 Å². The van der Waals surface area contributed by atoms with Gasteiger partial charge in [-0.2, -0.15) is 0 Å². The van der Waals surface area contributed by atoms with Crippen LogP contribution in [0.3, 0.4) is 0 Å². The molecule has 0 aromatic rings. The molecule has 0 amide bonds. The van der Waals surface area contributed by atoms with Crippen molar-refractivity contribution < 1.29 is 25.5 Å². The Hall–Kier alpha value is -0.890. The van der Waals surface area contributed by atoms with E-state index in [-0.39, 0.29) is 0 Å². The molecule has 0 aliphatic heterocycles. The standard InChI is InChI=1S/C6H13N3O5/c7-9-8-1-3(11)5(13)6(14)4(12)2-10/h3-6,10-14H,1-2H2/t3-,4+,5+,6-/m1/s1. The maximum atomic E-state index is 9.16. The quantitative estimate of drug-likeness (QED) is 0.189. The van der Waals surface area contributed by atoms with Crippen LogP contribution in [-0.4, -0.2) is 63.1 Å². The zero-order valence-electron chi connectivity index (χ0n) is 7.30. The van der Waals surface area contributed by atoms with Crippen LogP contribution < -0.4 is 0 Å². The van der Waals surface area contributed by atoms with E-state index in [0.29, 0.717) is 0 Å². The Morgan fingerprint density at radius 3 is 2.00 bits per heavy atom. The van der Waals surface area contributed by atoms with Gasteiger partial charge in [-0.3, -0.25) is 0 Å². The van der Waals surface area contributed by atoms with Gasteiger partial charge in [-0.25, -0.2) is 0 Å². The number of rotatable bonds is 6. The molecule has 0 aromatic heterocycles. The average molecular weight is 207 g/mol. The Kier molecular flexibility index (Phi) is 6.13. The van der Waals surface area contributed by atoms with Crippen molar-refractivity contribution in [2.75, 3.05) is 13.2 Å². The Labute approximate surface area is 79.7 Å². The molecule has 5 N–H and O–H groups in total. The summed E-state index contributed by atoms with van der Waals surface area (Å²) in [5, 5.41) is 47.7. The van der Waals surface area contributed by atoms with E-state index in [9.17, 15) is 0 Å². The molecule has 0 unspecified atom stereocenters. The van der Waals surface area contributed by atoms with E-state index in [4.69, 9.17) is 31.1 Å². The van der Waals surface area contributed by atoms with Gasteiger partial charge in [0, 0.05) is 4.91 Å². The number of hydrogen-bond acceptors (Lipinski definition) is 6. The fourth-order valence-corrected chi connectivity index (χ4v) is 0.791. The normalized spacial score (nSPS) is 19.2. The lowest BCUT2D eigenvalue weighted by molar-refractivity contribution is -0.112. The van der Waals surface area contributed by atoms with Gasteiger partial charge in [0.1, 0.15) is 18.3 Å². The third-order valence-corrected chi connectivity index (χ3v) is 1.66. The highest BCUT2D eigenvalue weighted by Crippen LogP contribution is 2.05. The van der Waals surface area contributed by atoms with Gasteiger partial charge in [-0.15, -0.1) is 0 Å². The van der Waals surface area contributed by atoms with Gasteiger partial charge in [0.15, 0.2) is 0 Å². The molecule has 0 saturated heterocycles. The number of nitrogens with zero attached hydrogens (tertiary/aromatic N) is 3. The first-order valence-corrected chi connectivity index (χ1v) is 3.88. The summed E-state index contributed by atoms with van der Waals surface area (Å²) in [4.78, 5) is 2.34. The summed E-state index contributed by atoms with van der Waals surface area (Å²) in [7, 11) is 0. The molecule has 0 fully saturated rings. The van der Waals surface area contributed by atoms with Crippen molar-refractivity contribution in [2.45, 2.75) is 24.4 Å². The summed E-state index contributed by atoms with van der Waals surface area (Å²) in [5.41, 5.74) is 7.90. The zero-order valence-corrected chi connectivity index (χ0v) is 7.30. The highest BCUT2D eigenvalue weighted by atomic mass is 16.4. The first-order chi connectivity index (χ1) is 6.54. The number of aliphatic hydroxyl groups is 5. The topological polar surface area (TPSA) is 150 Å². The molecule has 0 radical (unpaired) electrons. The van der Waals surface area contributed by atoms with Gasteiger partial charge in [0.25, 0.3) is 0 Å². The zero-order chi connectivity index (χ0) is 11.1. The molecule has 8 heteroatoms. The van der Waals surface area contributed by atoms with Gasteiger partial charge in [0.05, 0.1) is 19.3 Å². The minimum atomic E-state index is -1.69. The Morgan fingerprint density at radius 2 is 1.57 bits per heavy atom. The summed E-state index contributed by atoms with van der Waals surface area (Å²) in [5.74, 6) is 0. The van der Waals surface area contributed by atoms with Crippen molar-refractivity contribution >= 4 is 0 Å². The fraction of sp³-hybridized carbons (Fsp3) is 1.00. The molecule has 4 atom stereocenters. The van der Waals surface area contributed by atoms with E-state index >= 15 is 0 Å². The highest BCUT2D eigenvalue weighted by molar-refractivity contribution is 4.81. The molecule has 0 saturated carbocycles. The van der Waals surface area contributed by atoms with Crippen molar-refractivity contribution in [1.29, 1.82) is 0 Å². The number of hydrogen-bond donors (Lipinski definition) is 5. The van der Waals surface area contributed by atoms with Gasteiger partial charge in [-0.05, 0) is 5.53 Å². The molecule has 0 aromatic carbocycles. The van der Waals surface area contributed by atoms with Crippen molar-refractivity contribution in [2.24, 2.45) is 5.11 Å². The second-order valence-corrected chi connectivity index (χ2v) is 2.71. The maximum Gasteiger partial charge on any atom is 0.110 e. The van der Waals surface area contributed by atoms with Gasteiger partial charge >= 0.3 is 0 Å². The van der Waals surface area contributed by atoms with Crippen LogP contribution >= 0.6 is 0 Å². The summed E-state index contributed by atoms with van der Waals surface area (Å²) in [6, 6.07) is 0. The summed E-state index contributed by atoms with van der Waals surface area (Å²) < 4.78 is 0. The van der Waals surface area contributed by atoms with Crippen LogP contribution in [0.1, 0.15) is 0 Å². The summed E-state index contributed by atoms with van der Waals surface area (Å²) >= 11 is 0. The lowest BCUT2D eigenvalue weighted by Gasteiger charge is -2.24. The Bertz CT molecular complexity index is 208. The smallest absolute Gasteiger partial charge is 0.110 e. The first-order valence-electron chi connectivity index (χ1n) is 3.88. The Balaban J connectivity index is 4.15. The Morgan fingerprint density at radius 1 is 1.07 bits per heavy atom. The molecule has 8 nitrogen and oxygen atoms in total. The SMILES string of the molecule is [N-]=[N+]=NC[C@@H](O)[C@H](O)[C@H](O)[C@@H](O)CO. The summed E-state index contributed by atoms with van der Waals surface area (Å²) in [6.45, 7) is -1.17. The fourth-order valence-electron chi connectivity index (χ4n) is 0.791.